The fourth-order valence-corrected chi connectivity index (χ4v) is 5.67. The van der Waals surface area contributed by atoms with Gasteiger partial charge in [0.2, 0.25) is 0 Å². The largest absolute Gasteiger partial charge is 0.473 e. The van der Waals surface area contributed by atoms with Gasteiger partial charge in [-0.3, -0.25) is 4.84 Å². The van der Waals surface area contributed by atoms with Crippen molar-refractivity contribution in [3.8, 4) is 0 Å². The molecule has 6 heteroatoms. The van der Waals surface area contributed by atoms with Gasteiger partial charge in [0.05, 0.1) is 0 Å². The molecular formula is C28H53N2O4+. The highest BCUT2D eigenvalue weighted by molar-refractivity contribution is 5.87. The van der Waals surface area contributed by atoms with Gasteiger partial charge in [-0.05, 0) is 51.9 Å². The molecule has 0 aromatic heterocycles. The molecule has 34 heavy (non-hydrogen) atoms. The summed E-state index contributed by atoms with van der Waals surface area (Å²) in [5.41, 5.74) is -0.579. The molecule has 0 N–H and O–H groups in total. The Morgan fingerprint density at radius 1 is 0.794 bits per heavy atom. The number of hydrogen-bond donors (Lipinski definition) is 0. The fraction of sp³-hybridized carbons (Fsp3) is 0.929. The quantitative estimate of drug-likeness (QED) is 0.161. The zero-order valence-corrected chi connectivity index (χ0v) is 22.9. The summed E-state index contributed by atoms with van der Waals surface area (Å²) in [6, 6.07) is 0.285. The van der Waals surface area contributed by atoms with Crippen molar-refractivity contribution in [3.63, 3.8) is 0 Å². The van der Waals surface area contributed by atoms with Gasteiger partial charge in [0.1, 0.15) is 25.7 Å². The van der Waals surface area contributed by atoms with Crippen LogP contribution in [0.2, 0.25) is 0 Å². The minimum atomic E-state index is -0.579. The third kappa shape index (κ3) is 9.39. The molecule has 0 aromatic carbocycles. The van der Waals surface area contributed by atoms with Crippen molar-refractivity contribution in [2.45, 2.75) is 142 Å². The lowest BCUT2D eigenvalue weighted by molar-refractivity contribution is -1.08. The van der Waals surface area contributed by atoms with E-state index in [2.05, 4.69) is 6.92 Å². The Morgan fingerprint density at radius 3 is 1.91 bits per heavy atom. The van der Waals surface area contributed by atoms with Crippen LogP contribution in [0.25, 0.3) is 0 Å². The maximum atomic E-state index is 13.3. The number of unbranched alkanes of at least 4 members (excludes halogenated alkanes) is 6. The molecule has 0 radical (unpaired) electrons. The highest BCUT2D eigenvalue weighted by Crippen LogP contribution is 2.35. The average Bonchev–Trinajstić information content (AvgIpc) is 2.81. The molecule has 2 fully saturated rings. The fourth-order valence-electron chi connectivity index (χ4n) is 5.67. The molecule has 0 heterocycles. The first kappa shape index (κ1) is 28.9. The Kier molecular flexibility index (Phi) is 12.2. The Bertz CT molecular complexity index is 564. The monoisotopic (exact) mass is 481 g/mol. The van der Waals surface area contributed by atoms with E-state index in [0.717, 1.165) is 44.9 Å². The van der Waals surface area contributed by atoms with Crippen molar-refractivity contribution in [1.82, 2.24) is 4.90 Å². The molecule has 0 saturated heterocycles. The maximum absolute atomic E-state index is 13.3. The number of carbonyl (C=O) groups is 2. The molecule has 2 aliphatic rings. The van der Waals surface area contributed by atoms with Crippen molar-refractivity contribution in [2.75, 3.05) is 20.6 Å². The molecule has 0 spiro atoms. The lowest BCUT2D eigenvalue weighted by Crippen LogP contribution is -2.54. The molecule has 0 bridgehead atoms. The van der Waals surface area contributed by atoms with E-state index in [0.29, 0.717) is 12.5 Å². The molecule has 0 aliphatic heterocycles. The Labute approximate surface area is 209 Å². The topological polar surface area (TPSA) is 55.8 Å². The lowest BCUT2D eigenvalue weighted by atomic mass is 9.79. The second-order valence-electron chi connectivity index (χ2n) is 11.7. The van der Waals surface area contributed by atoms with Crippen LogP contribution in [0.15, 0.2) is 0 Å². The average molecular weight is 482 g/mol. The third-order valence-electron chi connectivity index (χ3n) is 8.13. The first-order valence-electron chi connectivity index (χ1n) is 14.2. The van der Waals surface area contributed by atoms with Crippen LogP contribution in [0.1, 0.15) is 130 Å². The Morgan fingerprint density at radius 2 is 1.32 bits per heavy atom. The van der Waals surface area contributed by atoms with Crippen molar-refractivity contribution in [3.05, 3.63) is 0 Å². The second kappa shape index (κ2) is 14.3. The molecular weight excluding hydrogens is 428 g/mol. The van der Waals surface area contributed by atoms with Crippen LogP contribution in [0.3, 0.4) is 0 Å². The van der Waals surface area contributed by atoms with E-state index in [1.165, 1.54) is 69.1 Å². The van der Waals surface area contributed by atoms with Crippen molar-refractivity contribution < 1.29 is 23.8 Å². The van der Waals surface area contributed by atoms with Gasteiger partial charge in [0, 0.05) is 19.4 Å². The number of ether oxygens (including phenoxy) is 1. The van der Waals surface area contributed by atoms with Crippen molar-refractivity contribution in [1.29, 1.82) is 0 Å². The highest BCUT2D eigenvalue weighted by atomic mass is 16.8. The number of carbonyl (C=O) groups excluding carboxylic acids is 2. The number of rotatable bonds is 12. The molecule has 6 nitrogen and oxygen atoms in total. The molecule has 2 amide bonds. The van der Waals surface area contributed by atoms with Crippen LogP contribution >= 0.6 is 0 Å². The smallest absolute Gasteiger partial charge is 0.443 e. The predicted octanol–water partition coefficient (Wildman–Crippen LogP) is 8.00. The van der Waals surface area contributed by atoms with Gasteiger partial charge >= 0.3 is 12.2 Å². The van der Waals surface area contributed by atoms with Crippen LogP contribution in [0, 0.1) is 5.92 Å². The number of hydroxylamine groups is 3. The van der Waals surface area contributed by atoms with E-state index in [1.807, 2.05) is 27.9 Å². The van der Waals surface area contributed by atoms with Gasteiger partial charge < -0.3 is 4.74 Å². The minimum absolute atomic E-state index is 0.172. The standard InChI is InChI=1S/C28H53N2O4/c1-6-7-8-9-10-11-18-23-29(26(31)33-28(2,3)24-19-14-12-15-20-24)27(32)34-30(4,5)25-21-16-13-17-22-25/h24-25H,6-23H2,1-5H3/q+1. The Hall–Kier alpha value is -1.30. The summed E-state index contributed by atoms with van der Waals surface area (Å²) in [6.45, 7) is 6.58. The van der Waals surface area contributed by atoms with Crippen LogP contribution in [-0.4, -0.2) is 54.0 Å². The lowest BCUT2D eigenvalue weighted by Gasteiger charge is -2.39. The van der Waals surface area contributed by atoms with Gasteiger partial charge in [0.25, 0.3) is 0 Å². The summed E-state index contributed by atoms with van der Waals surface area (Å²) in [4.78, 5) is 33.8. The summed E-state index contributed by atoms with van der Waals surface area (Å²) in [6.07, 6.45) is 18.3. The number of nitrogens with zero attached hydrogens (tertiary/aromatic N) is 2. The molecule has 198 valence electrons. The molecule has 2 saturated carbocycles. The first-order chi connectivity index (χ1) is 16.2. The number of amides is 2. The van der Waals surface area contributed by atoms with Gasteiger partial charge in [-0.25, -0.2) is 14.5 Å². The van der Waals surface area contributed by atoms with E-state index in [1.54, 1.807) is 0 Å². The number of hydrogen-bond acceptors (Lipinski definition) is 4. The SMILES string of the molecule is CCCCCCCCCN(C(=O)OC(C)(C)C1CCCCC1)C(=O)O[N+](C)(C)C1CCCCC1. The summed E-state index contributed by atoms with van der Waals surface area (Å²) in [7, 11) is 3.88. The van der Waals surface area contributed by atoms with Gasteiger partial charge in [-0.15, -0.1) is 4.65 Å². The van der Waals surface area contributed by atoms with E-state index in [-0.39, 0.29) is 10.7 Å². The van der Waals surface area contributed by atoms with Gasteiger partial charge in [-0.2, -0.15) is 0 Å². The van der Waals surface area contributed by atoms with Gasteiger partial charge in [-0.1, -0.05) is 71.1 Å². The maximum Gasteiger partial charge on any atom is 0.473 e. The Balaban J connectivity index is 2.00. The van der Waals surface area contributed by atoms with E-state index in [4.69, 9.17) is 9.57 Å². The van der Waals surface area contributed by atoms with Crippen LogP contribution in [-0.2, 0) is 9.57 Å². The van der Waals surface area contributed by atoms with Crippen LogP contribution in [0.4, 0.5) is 9.59 Å². The van der Waals surface area contributed by atoms with E-state index < -0.39 is 17.8 Å². The third-order valence-corrected chi connectivity index (χ3v) is 8.13. The summed E-state index contributed by atoms with van der Waals surface area (Å²) in [5, 5.41) is 0. The first-order valence-corrected chi connectivity index (χ1v) is 14.2. The number of quaternary nitrogens is 1. The summed E-state index contributed by atoms with van der Waals surface area (Å²) in [5.74, 6) is 0.344. The molecule has 2 rings (SSSR count). The zero-order valence-electron chi connectivity index (χ0n) is 22.9. The van der Waals surface area contributed by atoms with E-state index >= 15 is 0 Å². The molecule has 0 unspecified atom stereocenters. The summed E-state index contributed by atoms with van der Waals surface area (Å²) >= 11 is 0. The highest BCUT2D eigenvalue weighted by Gasteiger charge is 2.40. The van der Waals surface area contributed by atoms with Crippen molar-refractivity contribution in [2.24, 2.45) is 5.92 Å². The number of imide groups is 1. The van der Waals surface area contributed by atoms with Crippen LogP contribution < -0.4 is 0 Å². The predicted molar refractivity (Wildman–Crippen MR) is 137 cm³/mol. The van der Waals surface area contributed by atoms with Crippen molar-refractivity contribution >= 4 is 12.2 Å². The van der Waals surface area contributed by atoms with E-state index in [9.17, 15) is 9.59 Å². The minimum Gasteiger partial charge on any atom is -0.443 e. The second-order valence-corrected chi connectivity index (χ2v) is 11.7. The zero-order chi connectivity index (χ0) is 25.0. The molecule has 0 atom stereocenters. The molecule has 2 aliphatic carbocycles. The van der Waals surface area contributed by atoms with Crippen LogP contribution in [0.5, 0.6) is 0 Å². The van der Waals surface area contributed by atoms with Gasteiger partial charge in [0.15, 0.2) is 0 Å². The summed E-state index contributed by atoms with van der Waals surface area (Å²) < 4.78 is 6.18. The normalized spacial score (nSPS) is 18.5. The molecule has 0 aromatic rings.